The van der Waals surface area contributed by atoms with Crippen molar-refractivity contribution in [3.8, 4) is 22.8 Å². The smallest absolute Gasteiger partial charge is 0.254 e. The van der Waals surface area contributed by atoms with E-state index in [9.17, 15) is 14.0 Å². The molecule has 4 rings (SSSR count). The molecule has 0 unspecified atom stereocenters. The van der Waals surface area contributed by atoms with Crippen LogP contribution in [0.1, 0.15) is 23.2 Å². The van der Waals surface area contributed by atoms with Gasteiger partial charge in [0.15, 0.2) is 5.76 Å². The summed E-state index contributed by atoms with van der Waals surface area (Å²) in [5.41, 5.74) is 7.14. The molecule has 0 saturated carbocycles. The summed E-state index contributed by atoms with van der Waals surface area (Å²) in [5.74, 6) is -0.149. The van der Waals surface area contributed by atoms with Crippen molar-refractivity contribution in [2.45, 2.75) is 12.8 Å². The van der Waals surface area contributed by atoms with Crippen molar-refractivity contribution >= 4 is 11.8 Å². The number of carbonyl (C=O) groups excluding carboxylic acids is 2. The van der Waals surface area contributed by atoms with Crippen LogP contribution in [0.25, 0.3) is 22.8 Å². The Bertz CT molecular complexity index is 1040. The van der Waals surface area contributed by atoms with E-state index < -0.39 is 0 Å². The summed E-state index contributed by atoms with van der Waals surface area (Å²) in [6, 6.07) is 13.0. The lowest BCUT2D eigenvalue weighted by Crippen LogP contribution is -2.41. The van der Waals surface area contributed by atoms with Crippen molar-refractivity contribution in [3.05, 3.63) is 66.1 Å². The van der Waals surface area contributed by atoms with Crippen molar-refractivity contribution in [3.63, 3.8) is 0 Å². The van der Waals surface area contributed by atoms with Crippen molar-refractivity contribution in [1.82, 2.24) is 9.88 Å². The molecule has 1 fully saturated rings. The number of aromatic nitrogens is 1. The average Bonchev–Trinajstić information content (AvgIpc) is 3.24. The number of rotatable bonds is 4. The summed E-state index contributed by atoms with van der Waals surface area (Å²) < 4.78 is 19.0. The topological polar surface area (TPSA) is 89.4 Å². The van der Waals surface area contributed by atoms with Crippen LogP contribution in [-0.4, -0.2) is 34.8 Å². The van der Waals surface area contributed by atoms with Crippen LogP contribution >= 0.6 is 0 Å². The molecule has 0 spiro atoms. The Balaban J connectivity index is 1.58. The molecule has 6 nitrogen and oxygen atoms in total. The zero-order chi connectivity index (χ0) is 20.4. The van der Waals surface area contributed by atoms with E-state index >= 15 is 0 Å². The molecule has 0 aliphatic carbocycles. The SMILES string of the molecule is NC(=O)C1CCN(C(=O)c2ccccc2-c2ncc(-c3ccc(F)cc3)o2)CC1. The summed E-state index contributed by atoms with van der Waals surface area (Å²) in [4.78, 5) is 30.5. The zero-order valence-electron chi connectivity index (χ0n) is 15.7. The molecular formula is C22H20FN3O3. The molecule has 2 N–H and O–H groups in total. The average molecular weight is 393 g/mol. The Morgan fingerprint density at radius 2 is 1.76 bits per heavy atom. The number of hydrogen-bond donors (Lipinski definition) is 1. The van der Waals surface area contributed by atoms with Crippen LogP contribution in [0.2, 0.25) is 0 Å². The second-order valence-electron chi connectivity index (χ2n) is 7.05. The molecule has 1 aliphatic rings. The van der Waals surface area contributed by atoms with Crippen LogP contribution in [0.3, 0.4) is 0 Å². The largest absolute Gasteiger partial charge is 0.436 e. The first-order chi connectivity index (χ1) is 14.0. The number of amides is 2. The maximum absolute atomic E-state index is 13.1. The van der Waals surface area contributed by atoms with E-state index in [0.717, 1.165) is 0 Å². The van der Waals surface area contributed by atoms with Crippen LogP contribution in [0.4, 0.5) is 4.39 Å². The Morgan fingerprint density at radius 1 is 1.07 bits per heavy atom. The molecule has 2 aromatic carbocycles. The van der Waals surface area contributed by atoms with Gasteiger partial charge in [0, 0.05) is 30.1 Å². The second-order valence-corrected chi connectivity index (χ2v) is 7.05. The summed E-state index contributed by atoms with van der Waals surface area (Å²) in [5, 5.41) is 0. The predicted octanol–water partition coefficient (Wildman–Crippen LogP) is 3.49. The fourth-order valence-corrected chi connectivity index (χ4v) is 3.54. The van der Waals surface area contributed by atoms with Gasteiger partial charge in [0.2, 0.25) is 11.8 Å². The number of likely N-dealkylation sites (tertiary alicyclic amines) is 1. The molecule has 29 heavy (non-hydrogen) atoms. The maximum Gasteiger partial charge on any atom is 0.254 e. The molecule has 1 aromatic heterocycles. The summed E-state index contributed by atoms with van der Waals surface area (Å²) in [6.45, 7) is 0.959. The lowest BCUT2D eigenvalue weighted by atomic mass is 9.95. The quantitative estimate of drug-likeness (QED) is 0.735. The third-order valence-electron chi connectivity index (χ3n) is 5.21. The van der Waals surface area contributed by atoms with Crippen LogP contribution < -0.4 is 5.73 Å². The van der Waals surface area contributed by atoms with Gasteiger partial charge in [-0.2, -0.15) is 0 Å². The third-order valence-corrected chi connectivity index (χ3v) is 5.21. The second kappa shape index (κ2) is 7.87. The molecule has 1 saturated heterocycles. The fraction of sp³-hybridized carbons (Fsp3) is 0.227. The molecule has 1 aliphatic heterocycles. The van der Waals surface area contributed by atoms with Gasteiger partial charge in [0.25, 0.3) is 5.91 Å². The number of benzene rings is 2. The lowest BCUT2D eigenvalue weighted by Gasteiger charge is -2.31. The highest BCUT2D eigenvalue weighted by atomic mass is 19.1. The van der Waals surface area contributed by atoms with E-state index in [1.165, 1.54) is 12.1 Å². The van der Waals surface area contributed by atoms with Crippen LogP contribution in [0.5, 0.6) is 0 Å². The molecule has 2 heterocycles. The van der Waals surface area contributed by atoms with E-state index in [4.69, 9.17) is 10.2 Å². The van der Waals surface area contributed by atoms with Gasteiger partial charge < -0.3 is 15.1 Å². The number of nitrogens with two attached hydrogens (primary N) is 1. The van der Waals surface area contributed by atoms with Crippen molar-refractivity contribution in [1.29, 1.82) is 0 Å². The number of primary amides is 1. The van der Waals surface area contributed by atoms with Crippen LogP contribution in [0, 0.1) is 11.7 Å². The fourth-order valence-electron chi connectivity index (χ4n) is 3.54. The number of carbonyl (C=O) groups is 2. The number of hydrogen-bond acceptors (Lipinski definition) is 4. The minimum atomic E-state index is -0.329. The van der Waals surface area contributed by atoms with Gasteiger partial charge in [-0.15, -0.1) is 0 Å². The summed E-state index contributed by atoms with van der Waals surface area (Å²) >= 11 is 0. The maximum atomic E-state index is 13.1. The van der Waals surface area contributed by atoms with Gasteiger partial charge in [-0.25, -0.2) is 9.37 Å². The van der Waals surface area contributed by atoms with Gasteiger partial charge in [0.1, 0.15) is 5.82 Å². The van der Waals surface area contributed by atoms with Crippen molar-refractivity contribution < 1.29 is 18.4 Å². The number of piperidine rings is 1. The van der Waals surface area contributed by atoms with E-state index in [1.807, 2.05) is 6.07 Å². The van der Waals surface area contributed by atoms with Gasteiger partial charge in [0.05, 0.1) is 11.8 Å². The van der Waals surface area contributed by atoms with Gasteiger partial charge in [-0.3, -0.25) is 9.59 Å². The Morgan fingerprint density at radius 3 is 2.45 bits per heavy atom. The number of nitrogens with zero attached hydrogens (tertiary/aromatic N) is 2. The molecular weight excluding hydrogens is 373 g/mol. The molecule has 3 aromatic rings. The molecule has 7 heteroatoms. The molecule has 148 valence electrons. The highest BCUT2D eigenvalue weighted by Crippen LogP contribution is 2.29. The molecule has 0 bridgehead atoms. The molecule has 2 amide bonds. The van der Waals surface area contributed by atoms with Crippen molar-refractivity contribution in [2.75, 3.05) is 13.1 Å². The minimum absolute atomic E-state index is 0.134. The first-order valence-electron chi connectivity index (χ1n) is 9.42. The number of halogens is 1. The van der Waals surface area contributed by atoms with Crippen LogP contribution in [-0.2, 0) is 4.79 Å². The van der Waals surface area contributed by atoms with E-state index in [-0.39, 0.29) is 23.5 Å². The Hall–Kier alpha value is -3.48. The summed E-state index contributed by atoms with van der Waals surface area (Å²) in [6.07, 6.45) is 2.69. The zero-order valence-corrected chi connectivity index (χ0v) is 15.7. The highest BCUT2D eigenvalue weighted by Gasteiger charge is 2.28. The first kappa shape index (κ1) is 18.9. The standard InChI is InChI=1S/C22H20FN3O3/c23-16-7-5-14(6-8-16)19-13-25-21(29-19)17-3-1-2-4-18(17)22(28)26-11-9-15(10-12-26)20(24)27/h1-8,13,15H,9-12H2,(H2,24,27). The van der Waals surface area contributed by atoms with Crippen LogP contribution in [0.15, 0.2) is 59.1 Å². The monoisotopic (exact) mass is 393 g/mol. The van der Waals surface area contributed by atoms with E-state index in [2.05, 4.69) is 4.98 Å². The van der Waals surface area contributed by atoms with Crippen molar-refractivity contribution in [2.24, 2.45) is 11.7 Å². The molecule has 0 radical (unpaired) electrons. The van der Waals surface area contributed by atoms with Gasteiger partial charge in [-0.05, 0) is 49.2 Å². The third kappa shape index (κ3) is 3.89. The van der Waals surface area contributed by atoms with E-state index in [0.29, 0.717) is 54.3 Å². The van der Waals surface area contributed by atoms with Gasteiger partial charge >= 0.3 is 0 Å². The molecule has 0 atom stereocenters. The Kier molecular flexibility index (Phi) is 5.12. The minimum Gasteiger partial charge on any atom is -0.436 e. The normalized spacial score (nSPS) is 14.7. The summed E-state index contributed by atoms with van der Waals surface area (Å²) in [7, 11) is 0. The highest BCUT2D eigenvalue weighted by molar-refractivity contribution is 6.00. The Labute approximate surface area is 167 Å². The van der Waals surface area contributed by atoms with E-state index in [1.54, 1.807) is 41.4 Å². The predicted molar refractivity (Wildman–Crippen MR) is 105 cm³/mol. The first-order valence-corrected chi connectivity index (χ1v) is 9.42. The number of oxazole rings is 1. The van der Waals surface area contributed by atoms with Gasteiger partial charge in [-0.1, -0.05) is 12.1 Å². The lowest BCUT2D eigenvalue weighted by molar-refractivity contribution is -0.123.